The Kier molecular flexibility index (Phi) is 2.61. The Morgan fingerprint density at radius 2 is 1.94 bits per heavy atom. The van der Waals surface area contributed by atoms with Gasteiger partial charge in [-0.3, -0.25) is 0 Å². The second-order valence-corrected chi connectivity index (χ2v) is 4.54. The minimum absolute atomic E-state index is 0.184. The van der Waals surface area contributed by atoms with Gasteiger partial charge in [-0.15, -0.1) is 0 Å². The van der Waals surface area contributed by atoms with Crippen molar-refractivity contribution in [1.82, 2.24) is 9.97 Å². The van der Waals surface area contributed by atoms with Crippen molar-refractivity contribution >= 4 is 0 Å². The number of aromatic nitrogens is 2. The van der Waals surface area contributed by atoms with Crippen LogP contribution in [0.15, 0.2) is 36.9 Å². The zero-order valence-corrected chi connectivity index (χ0v) is 9.63. The normalized spacial score (nSPS) is 18.8. The lowest BCUT2D eigenvalue weighted by molar-refractivity contribution is 0.571. The lowest BCUT2D eigenvalue weighted by Gasteiger charge is -2.22. The maximum Gasteiger partial charge on any atom is 0.115 e. The van der Waals surface area contributed by atoms with E-state index in [1.54, 1.807) is 6.33 Å². The van der Waals surface area contributed by atoms with E-state index in [9.17, 15) is 0 Å². The monoisotopic (exact) mass is 225 g/mol. The van der Waals surface area contributed by atoms with Gasteiger partial charge in [0.2, 0.25) is 0 Å². The van der Waals surface area contributed by atoms with E-state index in [-0.39, 0.29) is 6.04 Å². The lowest BCUT2D eigenvalue weighted by Crippen LogP contribution is -2.17. The maximum absolute atomic E-state index is 6.16. The Labute approximate surface area is 101 Å². The van der Waals surface area contributed by atoms with Crippen LogP contribution >= 0.6 is 0 Å². The number of hydrogen-bond acceptors (Lipinski definition) is 3. The SMILES string of the molecule is NC1CCCc2ccc(-c3cncnc3)cc21. The van der Waals surface area contributed by atoms with Crippen molar-refractivity contribution in [2.45, 2.75) is 25.3 Å². The molecule has 0 spiro atoms. The van der Waals surface area contributed by atoms with Crippen LogP contribution in [0.4, 0.5) is 0 Å². The summed E-state index contributed by atoms with van der Waals surface area (Å²) in [6.45, 7) is 0. The van der Waals surface area contributed by atoms with Crippen molar-refractivity contribution in [2.24, 2.45) is 5.73 Å². The molecule has 0 fully saturated rings. The third-order valence-electron chi connectivity index (χ3n) is 3.40. The van der Waals surface area contributed by atoms with E-state index in [4.69, 9.17) is 5.73 Å². The third-order valence-corrected chi connectivity index (χ3v) is 3.40. The molecule has 1 aromatic carbocycles. The molecule has 0 saturated carbocycles. The van der Waals surface area contributed by atoms with E-state index in [2.05, 4.69) is 28.2 Å². The van der Waals surface area contributed by atoms with Crippen LogP contribution in [-0.2, 0) is 6.42 Å². The molecular weight excluding hydrogens is 210 g/mol. The van der Waals surface area contributed by atoms with Crippen molar-refractivity contribution in [2.75, 3.05) is 0 Å². The second-order valence-electron chi connectivity index (χ2n) is 4.54. The second kappa shape index (κ2) is 4.26. The summed E-state index contributed by atoms with van der Waals surface area (Å²) in [5.74, 6) is 0. The van der Waals surface area contributed by atoms with Crippen LogP contribution in [0.3, 0.4) is 0 Å². The third kappa shape index (κ3) is 1.94. The maximum atomic E-state index is 6.16. The summed E-state index contributed by atoms with van der Waals surface area (Å²) in [4.78, 5) is 8.10. The largest absolute Gasteiger partial charge is 0.324 e. The highest BCUT2D eigenvalue weighted by Gasteiger charge is 2.17. The van der Waals surface area contributed by atoms with E-state index >= 15 is 0 Å². The lowest BCUT2D eigenvalue weighted by atomic mass is 9.86. The van der Waals surface area contributed by atoms with Gasteiger partial charge in [-0.25, -0.2) is 9.97 Å². The van der Waals surface area contributed by atoms with Crippen molar-refractivity contribution in [1.29, 1.82) is 0 Å². The molecule has 2 N–H and O–H groups in total. The topological polar surface area (TPSA) is 51.8 Å². The van der Waals surface area contributed by atoms with Crippen molar-refractivity contribution < 1.29 is 0 Å². The highest BCUT2D eigenvalue weighted by atomic mass is 14.8. The summed E-state index contributed by atoms with van der Waals surface area (Å²) in [6.07, 6.45) is 8.65. The van der Waals surface area contributed by atoms with Gasteiger partial charge in [0, 0.05) is 24.0 Å². The van der Waals surface area contributed by atoms with E-state index in [1.807, 2.05) is 12.4 Å². The standard InChI is InChI=1S/C14H15N3/c15-14-3-1-2-10-4-5-11(6-13(10)14)12-7-16-9-17-8-12/h4-9,14H,1-3,15H2. The van der Waals surface area contributed by atoms with Gasteiger partial charge in [-0.05, 0) is 42.0 Å². The molecule has 3 heteroatoms. The van der Waals surface area contributed by atoms with Crippen molar-refractivity contribution in [3.05, 3.63) is 48.0 Å². The van der Waals surface area contributed by atoms with Crippen molar-refractivity contribution in [3.8, 4) is 11.1 Å². The number of benzene rings is 1. The zero-order valence-electron chi connectivity index (χ0n) is 9.63. The van der Waals surface area contributed by atoms with Gasteiger partial charge in [0.1, 0.15) is 6.33 Å². The smallest absolute Gasteiger partial charge is 0.115 e. The first kappa shape index (κ1) is 10.4. The highest BCUT2D eigenvalue weighted by molar-refractivity contribution is 5.63. The molecular formula is C14H15N3. The molecule has 17 heavy (non-hydrogen) atoms. The van der Waals surface area contributed by atoms with Gasteiger partial charge < -0.3 is 5.73 Å². The summed E-state index contributed by atoms with van der Waals surface area (Å²) in [7, 11) is 0. The predicted molar refractivity (Wildman–Crippen MR) is 67.3 cm³/mol. The molecule has 0 aliphatic heterocycles. The number of rotatable bonds is 1. The molecule has 1 aliphatic carbocycles. The molecule has 0 saturated heterocycles. The molecule has 3 nitrogen and oxygen atoms in total. The van der Waals surface area contributed by atoms with Crippen LogP contribution in [0, 0.1) is 0 Å². The summed E-state index contributed by atoms with van der Waals surface area (Å²) >= 11 is 0. The van der Waals surface area contributed by atoms with Crippen LogP contribution in [0.1, 0.15) is 30.0 Å². The Balaban J connectivity index is 2.06. The average Bonchev–Trinajstić information content (AvgIpc) is 2.40. The first-order valence-electron chi connectivity index (χ1n) is 5.98. The number of aryl methyl sites for hydroxylation is 1. The fourth-order valence-electron chi connectivity index (χ4n) is 2.46. The summed E-state index contributed by atoms with van der Waals surface area (Å²) in [5, 5.41) is 0. The number of nitrogens with two attached hydrogens (primary N) is 1. The Bertz CT molecular complexity index is 522. The summed E-state index contributed by atoms with van der Waals surface area (Å²) in [6, 6.07) is 6.70. The van der Waals surface area contributed by atoms with E-state index in [0.29, 0.717) is 0 Å². The van der Waals surface area contributed by atoms with Gasteiger partial charge in [-0.1, -0.05) is 12.1 Å². The van der Waals surface area contributed by atoms with Crippen LogP contribution in [0.2, 0.25) is 0 Å². The molecule has 1 heterocycles. The molecule has 1 aromatic heterocycles. The van der Waals surface area contributed by atoms with Gasteiger partial charge in [0.15, 0.2) is 0 Å². The molecule has 0 bridgehead atoms. The fourth-order valence-corrected chi connectivity index (χ4v) is 2.46. The Morgan fingerprint density at radius 3 is 2.76 bits per heavy atom. The van der Waals surface area contributed by atoms with Gasteiger partial charge >= 0.3 is 0 Å². The van der Waals surface area contributed by atoms with Crippen LogP contribution in [0.25, 0.3) is 11.1 Å². The number of fused-ring (bicyclic) bond motifs is 1. The van der Waals surface area contributed by atoms with Crippen LogP contribution in [0.5, 0.6) is 0 Å². The van der Waals surface area contributed by atoms with Crippen LogP contribution < -0.4 is 5.73 Å². The Hall–Kier alpha value is -1.74. The minimum atomic E-state index is 0.184. The van der Waals surface area contributed by atoms with Gasteiger partial charge in [0.25, 0.3) is 0 Å². The van der Waals surface area contributed by atoms with Crippen LogP contribution in [-0.4, -0.2) is 9.97 Å². The average molecular weight is 225 g/mol. The highest BCUT2D eigenvalue weighted by Crippen LogP contribution is 2.31. The molecule has 0 amide bonds. The molecule has 1 unspecified atom stereocenters. The first-order chi connectivity index (χ1) is 8.34. The fraction of sp³-hybridized carbons (Fsp3) is 0.286. The molecule has 3 rings (SSSR count). The number of nitrogens with zero attached hydrogens (tertiary/aromatic N) is 2. The van der Waals surface area contributed by atoms with E-state index < -0.39 is 0 Å². The van der Waals surface area contributed by atoms with Crippen molar-refractivity contribution in [3.63, 3.8) is 0 Å². The molecule has 2 aromatic rings. The molecule has 0 radical (unpaired) electrons. The number of hydrogen-bond donors (Lipinski definition) is 1. The summed E-state index contributed by atoms with van der Waals surface area (Å²) in [5.41, 5.74) is 11.0. The van der Waals surface area contributed by atoms with Gasteiger partial charge in [-0.2, -0.15) is 0 Å². The molecule has 1 atom stereocenters. The summed E-state index contributed by atoms with van der Waals surface area (Å²) < 4.78 is 0. The van der Waals surface area contributed by atoms with Gasteiger partial charge in [0.05, 0.1) is 0 Å². The molecule has 1 aliphatic rings. The Morgan fingerprint density at radius 1 is 1.12 bits per heavy atom. The first-order valence-corrected chi connectivity index (χ1v) is 5.98. The quantitative estimate of drug-likeness (QED) is 0.811. The minimum Gasteiger partial charge on any atom is -0.324 e. The molecule has 86 valence electrons. The zero-order chi connectivity index (χ0) is 11.7. The van der Waals surface area contributed by atoms with E-state index in [1.165, 1.54) is 17.5 Å². The van der Waals surface area contributed by atoms with E-state index in [0.717, 1.165) is 24.0 Å². The predicted octanol–water partition coefficient (Wildman–Crippen LogP) is 2.48.